The molecule has 0 bridgehead atoms. The number of anilines is 1. The van der Waals surface area contributed by atoms with Crippen LogP contribution in [0.4, 0.5) is 5.82 Å². The monoisotopic (exact) mass is 379 g/mol. The third-order valence-electron chi connectivity index (χ3n) is 3.76. The molecule has 1 aromatic heterocycles. The molecule has 1 heterocycles. The first kappa shape index (κ1) is 13.8. The summed E-state index contributed by atoms with van der Waals surface area (Å²) in [6, 6.07) is 9.07. The SMILES string of the molecule is Cc1ncc(-c2ccc(I)cc2)c(NC2CCCC2)n1. The standard InChI is InChI=1S/C16H18IN3/c1-11-18-10-15(12-6-8-13(17)9-7-12)16(19-11)20-14-4-2-3-5-14/h6-10,14H,2-5H2,1H3,(H,18,19,20). The van der Waals surface area contributed by atoms with Crippen LogP contribution in [0.2, 0.25) is 0 Å². The lowest BCUT2D eigenvalue weighted by molar-refractivity contribution is 0.749. The second kappa shape index (κ2) is 6.08. The van der Waals surface area contributed by atoms with E-state index < -0.39 is 0 Å². The van der Waals surface area contributed by atoms with Gasteiger partial charge in [0.25, 0.3) is 0 Å². The van der Waals surface area contributed by atoms with Gasteiger partial charge in [-0.15, -0.1) is 0 Å². The lowest BCUT2D eigenvalue weighted by atomic mass is 10.1. The number of aromatic nitrogens is 2. The maximum atomic E-state index is 4.61. The normalized spacial score (nSPS) is 15.5. The van der Waals surface area contributed by atoms with Crippen molar-refractivity contribution in [2.75, 3.05) is 5.32 Å². The highest BCUT2D eigenvalue weighted by Gasteiger charge is 2.17. The minimum Gasteiger partial charge on any atom is -0.367 e. The summed E-state index contributed by atoms with van der Waals surface area (Å²) in [6.07, 6.45) is 7.06. The number of benzene rings is 1. The third kappa shape index (κ3) is 3.11. The molecule has 3 nitrogen and oxygen atoms in total. The van der Waals surface area contributed by atoms with Gasteiger partial charge in [-0.1, -0.05) is 25.0 Å². The highest BCUT2D eigenvalue weighted by atomic mass is 127. The minimum absolute atomic E-state index is 0.562. The average Bonchev–Trinajstić information content (AvgIpc) is 2.93. The van der Waals surface area contributed by atoms with E-state index in [0.717, 1.165) is 17.2 Å². The molecule has 0 aliphatic heterocycles. The fourth-order valence-corrected chi connectivity index (χ4v) is 3.04. The molecule has 104 valence electrons. The van der Waals surface area contributed by atoms with Gasteiger partial charge in [-0.2, -0.15) is 0 Å². The number of nitrogens with one attached hydrogen (secondary N) is 1. The van der Waals surface area contributed by atoms with Crippen molar-refractivity contribution in [3.05, 3.63) is 39.9 Å². The molecule has 1 saturated carbocycles. The lowest BCUT2D eigenvalue weighted by Gasteiger charge is -2.16. The molecule has 1 N–H and O–H groups in total. The van der Waals surface area contributed by atoms with E-state index in [1.807, 2.05) is 13.1 Å². The number of hydrogen-bond acceptors (Lipinski definition) is 3. The summed E-state index contributed by atoms with van der Waals surface area (Å²) in [5.74, 6) is 1.80. The van der Waals surface area contributed by atoms with E-state index in [-0.39, 0.29) is 0 Å². The Balaban J connectivity index is 1.94. The molecule has 20 heavy (non-hydrogen) atoms. The quantitative estimate of drug-likeness (QED) is 0.803. The first-order valence-corrected chi connectivity index (χ1v) is 8.16. The van der Waals surface area contributed by atoms with Gasteiger partial charge in [0.2, 0.25) is 0 Å². The maximum Gasteiger partial charge on any atom is 0.137 e. The Morgan fingerprint density at radius 3 is 2.55 bits per heavy atom. The molecule has 0 unspecified atom stereocenters. The van der Waals surface area contributed by atoms with E-state index >= 15 is 0 Å². The van der Waals surface area contributed by atoms with Gasteiger partial charge in [-0.25, -0.2) is 9.97 Å². The zero-order valence-electron chi connectivity index (χ0n) is 11.6. The Bertz CT molecular complexity index is 589. The van der Waals surface area contributed by atoms with E-state index in [1.54, 1.807) is 0 Å². The third-order valence-corrected chi connectivity index (χ3v) is 4.48. The van der Waals surface area contributed by atoms with Crippen molar-refractivity contribution in [2.24, 2.45) is 0 Å². The molecule has 0 atom stereocenters. The van der Waals surface area contributed by atoms with Crippen molar-refractivity contribution in [3.63, 3.8) is 0 Å². The predicted molar refractivity (Wildman–Crippen MR) is 90.8 cm³/mol. The molecule has 0 saturated heterocycles. The summed E-state index contributed by atoms with van der Waals surface area (Å²) in [7, 11) is 0. The lowest BCUT2D eigenvalue weighted by Crippen LogP contribution is -2.16. The van der Waals surface area contributed by atoms with Crippen molar-refractivity contribution in [1.29, 1.82) is 0 Å². The van der Waals surface area contributed by atoms with E-state index in [2.05, 4.69) is 62.1 Å². The smallest absolute Gasteiger partial charge is 0.137 e. The summed E-state index contributed by atoms with van der Waals surface area (Å²) in [6.45, 7) is 1.94. The first-order valence-electron chi connectivity index (χ1n) is 7.08. The molecular formula is C16H18IN3. The molecule has 1 fully saturated rings. The highest BCUT2D eigenvalue weighted by molar-refractivity contribution is 14.1. The van der Waals surface area contributed by atoms with E-state index in [9.17, 15) is 0 Å². The summed E-state index contributed by atoms with van der Waals surface area (Å²) in [5.41, 5.74) is 2.27. The van der Waals surface area contributed by atoms with Crippen LogP contribution in [0.25, 0.3) is 11.1 Å². The van der Waals surface area contributed by atoms with Crippen LogP contribution in [0.3, 0.4) is 0 Å². The molecule has 2 aromatic rings. The molecular weight excluding hydrogens is 361 g/mol. The van der Waals surface area contributed by atoms with Crippen LogP contribution >= 0.6 is 22.6 Å². The van der Waals surface area contributed by atoms with Gasteiger partial charge in [-0.05, 0) is 60.1 Å². The number of nitrogens with zero attached hydrogens (tertiary/aromatic N) is 2. The maximum absolute atomic E-state index is 4.61. The molecule has 3 rings (SSSR count). The minimum atomic E-state index is 0.562. The van der Waals surface area contributed by atoms with Crippen LogP contribution in [0, 0.1) is 10.5 Å². The van der Waals surface area contributed by atoms with Gasteiger partial charge in [0.15, 0.2) is 0 Å². The van der Waals surface area contributed by atoms with E-state index in [0.29, 0.717) is 6.04 Å². The molecule has 0 spiro atoms. The first-order chi connectivity index (χ1) is 9.72. The molecule has 0 radical (unpaired) electrons. The Hall–Kier alpha value is -1.17. The molecule has 1 aromatic carbocycles. The topological polar surface area (TPSA) is 37.8 Å². The molecule has 1 aliphatic rings. The molecule has 0 amide bonds. The largest absolute Gasteiger partial charge is 0.367 e. The number of halogens is 1. The summed E-state index contributed by atoms with van der Waals surface area (Å²) < 4.78 is 1.24. The van der Waals surface area contributed by atoms with Gasteiger partial charge in [-0.3, -0.25) is 0 Å². The second-order valence-electron chi connectivity index (χ2n) is 5.31. The Morgan fingerprint density at radius 2 is 1.85 bits per heavy atom. The average molecular weight is 379 g/mol. The van der Waals surface area contributed by atoms with Crippen molar-refractivity contribution in [3.8, 4) is 11.1 Å². The zero-order valence-corrected chi connectivity index (χ0v) is 13.7. The summed E-state index contributed by atoms with van der Waals surface area (Å²) in [5, 5.41) is 3.61. The molecule has 1 aliphatic carbocycles. The van der Waals surface area contributed by atoms with Gasteiger partial charge < -0.3 is 5.32 Å². The Kier molecular flexibility index (Phi) is 4.19. The van der Waals surface area contributed by atoms with Crippen LogP contribution < -0.4 is 5.32 Å². The van der Waals surface area contributed by atoms with Gasteiger partial charge in [0.1, 0.15) is 11.6 Å². The fourth-order valence-electron chi connectivity index (χ4n) is 2.68. The number of aryl methyl sites for hydroxylation is 1. The Morgan fingerprint density at radius 1 is 1.15 bits per heavy atom. The van der Waals surface area contributed by atoms with Crippen molar-refractivity contribution >= 4 is 28.4 Å². The van der Waals surface area contributed by atoms with Gasteiger partial charge in [0.05, 0.1) is 0 Å². The van der Waals surface area contributed by atoms with Gasteiger partial charge in [0, 0.05) is 21.4 Å². The zero-order chi connectivity index (χ0) is 13.9. The Labute approximate surface area is 133 Å². The van der Waals surface area contributed by atoms with Crippen LogP contribution in [-0.2, 0) is 0 Å². The van der Waals surface area contributed by atoms with Crippen LogP contribution in [0.1, 0.15) is 31.5 Å². The fraction of sp³-hybridized carbons (Fsp3) is 0.375. The van der Waals surface area contributed by atoms with E-state index in [4.69, 9.17) is 0 Å². The summed E-state index contributed by atoms with van der Waals surface area (Å²) in [4.78, 5) is 8.97. The van der Waals surface area contributed by atoms with Crippen molar-refractivity contribution < 1.29 is 0 Å². The van der Waals surface area contributed by atoms with Crippen LogP contribution in [-0.4, -0.2) is 16.0 Å². The predicted octanol–water partition coefficient (Wildman–Crippen LogP) is 4.41. The van der Waals surface area contributed by atoms with Gasteiger partial charge >= 0.3 is 0 Å². The van der Waals surface area contributed by atoms with Crippen molar-refractivity contribution in [2.45, 2.75) is 38.6 Å². The van der Waals surface area contributed by atoms with Crippen LogP contribution in [0.15, 0.2) is 30.5 Å². The summed E-state index contributed by atoms with van der Waals surface area (Å²) >= 11 is 2.32. The van der Waals surface area contributed by atoms with Crippen molar-refractivity contribution in [1.82, 2.24) is 9.97 Å². The number of hydrogen-bond donors (Lipinski definition) is 1. The van der Waals surface area contributed by atoms with Crippen LogP contribution in [0.5, 0.6) is 0 Å². The molecule has 4 heteroatoms. The van der Waals surface area contributed by atoms with E-state index in [1.165, 1.54) is 34.8 Å². The second-order valence-corrected chi connectivity index (χ2v) is 6.56. The highest BCUT2D eigenvalue weighted by Crippen LogP contribution is 2.29. The number of rotatable bonds is 3.